The van der Waals surface area contributed by atoms with E-state index in [1.807, 2.05) is 84.9 Å². The van der Waals surface area contributed by atoms with Crippen LogP contribution in [0.4, 0.5) is 0 Å². The molecule has 0 radical (unpaired) electrons. The molecular formula is C23H18N2O3. The minimum Gasteiger partial charge on any atom is -0.457 e. The van der Waals surface area contributed by atoms with Gasteiger partial charge >= 0.3 is 0 Å². The third-order valence-electron chi connectivity index (χ3n) is 4.21. The number of hydrogen-bond acceptors (Lipinski definition) is 4. The zero-order valence-corrected chi connectivity index (χ0v) is 15.0. The molecule has 0 fully saturated rings. The fourth-order valence-corrected chi connectivity index (χ4v) is 2.78. The Morgan fingerprint density at radius 2 is 1.50 bits per heavy atom. The van der Waals surface area contributed by atoms with Crippen LogP contribution in [0.5, 0.6) is 11.5 Å². The number of carbonyl (C=O) groups is 1. The average Bonchev–Trinajstić information content (AvgIpc) is 3.24. The second-order valence-electron chi connectivity index (χ2n) is 6.18. The molecule has 1 amide bonds. The van der Waals surface area contributed by atoms with Crippen molar-refractivity contribution in [1.82, 2.24) is 10.5 Å². The number of ether oxygens (including phenoxy) is 1. The van der Waals surface area contributed by atoms with E-state index in [0.29, 0.717) is 17.9 Å². The first-order valence-corrected chi connectivity index (χ1v) is 8.90. The standard InChI is InChI=1S/C23H18N2O3/c26-23(21-16-25-28-22(21)18-7-3-1-4-8-18)24-15-17-11-13-20(14-12-17)27-19-9-5-2-6-10-19/h1-14,16H,15H2,(H,24,26). The highest BCUT2D eigenvalue weighted by atomic mass is 16.5. The van der Waals surface area contributed by atoms with Crippen LogP contribution in [0.15, 0.2) is 95.6 Å². The molecule has 1 aromatic heterocycles. The van der Waals surface area contributed by atoms with Gasteiger partial charge in [0.15, 0.2) is 5.76 Å². The fourth-order valence-electron chi connectivity index (χ4n) is 2.78. The summed E-state index contributed by atoms with van der Waals surface area (Å²) in [7, 11) is 0. The van der Waals surface area contributed by atoms with Crippen molar-refractivity contribution in [3.05, 3.63) is 102 Å². The van der Waals surface area contributed by atoms with Gasteiger partial charge in [-0.1, -0.05) is 65.8 Å². The van der Waals surface area contributed by atoms with Crippen LogP contribution in [0.3, 0.4) is 0 Å². The Bertz CT molecular complexity index is 1040. The van der Waals surface area contributed by atoms with Crippen molar-refractivity contribution in [2.75, 3.05) is 0 Å². The molecule has 0 atom stereocenters. The lowest BCUT2D eigenvalue weighted by atomic mass is 10.1. The van der Waals surface area contributed by atoms with E-state index >= 15 is 0 Å². The molecule has 3 aromatic carbocycles. The summed E-state index contributed by atoms with van der Waals surface area (Å²) in [4.78, 5) is 12.5. The zero-order valence-electron chi connectivity index (χ0n) is 15.0. The lowest BCUT2D eigenvalue weighted by Crippen LogP contribution is -2.22. The van der Waals surface area contributed by atoms with E-state index < -0.39 is 0 Å². The number of hydrogen-bond donors (Lipinski definition) is 1. The summed E-state index contributed by atoms with van der Waals surface area (Å²) in [5, 5.41) is 6.67. The van der Waals surface area contributed by atoms with Crippen molar-refractivity contribution in [1.29, 1.82) is 0 Å². The summed E-state index contributed by atoms with van der Waals surface area (Å²) >= 11 is 0. The first kappa shape index (κ1) is 17.5. The molecule has 0 bridgehead atoms. The van der Waals surface area contributed by atoms with Gasteiger partial charge in [0.1, 0.15) is 17.1 Å². The molecule has 0 unspecified atom stereocenters. The van der Waals surface area contributed by atoms with Crippen molar-refractivity contribution in [2.45, 2.75) is 6.54 Å². The molecule has 4 aromatic rings. The summed E-state index contributed by atoms with van der Waals surface area (Å²) in [6.07, 6.45) is 1.44. The minimum atomic E-state index is -0.232. The maximum atomic E-state index is 12.5. The van der Waals surface area contributed by atoms with Crippen LogP contribution >= 0.6 is 0 Å². The van der Waals surface area contributed by atoms with E-state index in [-0.39, 0.29) is 5.91 Å². The number of rotatable bonds is 6. The summed E-state index contributed by atoms with van der Waals surface area (Å²) in [6.45, 7) is 0.393. The Labute approximate surface area is 162 Å². The van der Waals surface area contributed by atoms with Crippen LogP contribution in [0, 0.1) is 0 Å². The number of aromatic nitrogens is 1. The lowest BCUT2D eigenvalue weighted by molar-refractivity contribution is 0.0951. The molecule has 1 N–H and O–H groups in total. The van der Waals surface area contributed by atoms with Gasteiger partial charge in [0.25, 0.3) is 5.91 Å². The van der Waals surface area contributed by atoms with Crippen LogP contribution in [0.25, 0.3) is 11.3 Å². The van der Waals surface area contributed by atoms with Gasteiger partial charge < -0.3 is 14.6 Å². The lowest BCUT2D eigenvalue weighted by Gasteiger charge is -2.08. The van der Waals surface area contributed by atoms with Gasteiger partial charge in [0.05, 0.1) is 6.20 Å². The quantitative estimate of drug-likeness (QED) is 0.515. The van der Waals surface area contributed by atoms with Crippen LogP contribution in [-0.4, -0.2) is 11.1 Å². The van der Waals surface area contributed by atoms with E-state index in [1.165, 1.54) is 6.20 Å². The maximum absolute atomic E-state index is 12.5. The monoisotopic (exact) mass is 370 g/mol. The molecule has 1 heterocycles. The molecule has 5 nitrogen and oxygen atoms in total. The van der Waals surface area contributed by atoms with Crippen LogP contribution in [0.1, 0.15) is 15.9 Å². The Kier molecular flexibility index (Phi) is 5.15. The molecule has 28 heavy (non-hydrogen) atoms. The van der Waals surface area contributed by atoms with Crippen molar-refractivity contribution in [2.24, 2.45) is 0 Å². The zero-order chi connectivity index (χ0) is 19.2. The average molecular weight is 370 g/mol. The molecule has 138 valence electrons. The Morgan fingerprint density at radius 3 is 2.21 bits per heavy atom. The topological polar surface area (TPSA) is 64.4 Å². The normalized spacial score (nSPS) is 10.4. The molecule has 0 spiro atoms. The number of carbonyl (C=O) groups excluding carboxylic acids is 1. The molecule has 0 aliphatic heterocycles. The van der Waals surface area contributed by atoms with Gasteiger partial charge in [-0.05, 0) is 29.8 Å². The van der Waals surface area contributed by atoms with Gasteiger partial charge in [-0.3, -0.25) is 4.79 Å². The predicted molar refractivity (Wildman–Crippen MR) is 106 cm³/mol. The highest BCUT2D eigenvalue weighted by molar-refractivity contribution is 5.99. The highest BCUT2D eigenvalue weighted by Gasteiger charge is 2.17. The Balaban J connectivity index is 1.39. The molecule has 5 heteroatoms. The maximum Gasteiger partial charge on any atom is 0.257 e. The molecule has 0 aliphatic rings. The summed E-state index contributed by atoms with van der Waals surface area (Å²) in [5.74, 6) is 1.76. The van der Waals surface area contributed by atoms with Crippen molar-refractivity contribution in [3.63, 3.8) is 0 Å². The number of benzene rings is 3. The van der Waals surface area contributed by atoms with Crippen molar-refractivity contribution >= 4 is 5.91 Å². The van der Waals surface area contributed by atoms with E-state index in [1.54, 1.807) is 0 Å². The minimum absolute atomic E-state index is 0.232. The fraction of sp³-hybridized carbons (Fsp3) is 0.0435. The first-order valence-electron chi connectivity index (χ1n) is 8.90. The van der Waals surface area contributed by atoms with Gasteiger partial charge in [0.2, 0.25) is 0 Å². The van der Waals surface area contributed by atoms with Gasteiger partial charge in [-0.15, -0.1) is 0 Å². The summed E-state index contributed by atoms with van der Waals surface area (Å²) in [5.41, 5.74) is 2.19. The Hall–Kier alpha value is -3.86. The van der Waals surface area contributed by atoms with Gasteiger partial charge in [-0.2, -0.15) is 0 Å². The van der Waals surface area contributed by atoms with E-state index in [0.717, 1.165) is 22.6 Å². The number of nitrogens with zero attached hydrogens (tertiary/aromatic N) is 1. The third kappa shape index (κ3) is 4.10. The highest BCUT2D eigenvalue weighted by Crippen LogP contribution is 2.24. The van der Waals surface area contributed by atoms with Crippen LogP contribution in [-0.2, 0) is 6.54 Å². The van der Waals surface area contributed by atoms with Crippen molar-refractivity contribution < 1.29 is 14.1 Å². The molecule has 4 rings (SSSR count). The van der Waals surface area contributed by atoms with Crippen molar-refractivity contribution in [3.8, 4) is 22.8 Å². The second kappa shape index (κ2) is 8.22. The summed E-state index contributed by atoms with van der Waals surface area (Å²) in [6, 6.07) is 26.6. The van der Waals surface area contributed by atoms with Gasteiger partial charge in [0, 0.05) is 12.1 Å². The first-order chi connectivity index (χ1) is 13.8. The van der Waals surface area contributed by atoms with Gasteiger partial charge in [-0.25, -0.2) is 0 Å². The van der Waals surface area contributed by atoms with E-state index in [9.17, 15) is 4.79 Å². The number of amides is 1. The largest absolute Gasteiger partial charge is 0.457 e. The number of nitrogens with one attached hydrogen (secondary N) is 1. The summed E-state index contributed by atoms with van der Waals surface area (Å²) < 4.78 is 11.0. The number of para-hydroxylation sites is 1. The van der Waals surface area contributed by atoms with E-state index in [2.05, 4.69) is 10.5 Å². The Morgan fingerprint density at radius 1 is 0.857 bits per heavy atom. The molecule has 0 saturated heterocycles. The SMILES string of the molecule is O=C(NCc1ccc(Oc2ccccc2)cc1)c1cnoc1-c1ccccc1. The smallest absolute Gasteiger partial charge is 0.257 e. The third-order valence-corrected chi connectivity index (χ3v) is 4.21. The van der Waals surface area contributed by atoms with Crippen LogP contribution in [0.2, 0.25) is 0 Å². The van der Waals surface area contributed by atoms with E-state index in [4.69, 9.17) is 9.26 Å². The molecule has 0 aliphatic carbocycles. The second-order valence-corrected chi connectivity index (χ2v) is 6.18. The molecular weight excluding hydrogens is 352 g/mol. The predicted octanol–water partition coefficient (Wildman–Crippen LogP) is 5.06. The van der Waals surface area contributed by atoms with Crippen LogP contribution < -0.4 is 10.1 Å². The molecule has 0 saturated carbocycles.